The number of fused-ring (bicyclic) bond motifs is 1. The third kappa shape index (κ3) is 4.27. The van der Waals surface area contributed by atoms with E-state index >= 15 is 0 Å². The Hall–Kier alpha value is -1.87. The predicted molar refractivity (Wildman–Crippen MR) is 114 cm³/mol. The summed E-state index contributed by atoms with van der Waals surface area (Å²) in [6, 6.07) is 4.91. The molecule has 4 rings (SSSR count). The highest BCUT2D eigenvalue weighted by Crippen LogP contribution is 2.32. The number of amides is 3. The molecule has 3 saturated heterocycles. The van der Waals surface area contributed by atoms with Crippen LogP contribution in [0.15, 0.2) is 18.2 Å². The first-order valence-corrected chi connectivity index (χ1v) is 10.9. The zero-order valence-corrected chi connectivity index (χ0v) is 18.1. The topological polar surface area (TPSA) is 103 Å². The van der Waals surface area contributed by atoms with E-state index in [1.807, 2.05) is 0 Å². The summed E-state index contributed by atoms with van der Waals surface area (Å²) < 4.78 is 0. The number of piperidine rings is 2. The van der Waals surface area contributed by atoms with Crippen molar-refractivity contribution in [1.82, 2.24) is 20.9 Å². The van der Waals surface area contributed by atoms with Crippen molar-refractivity contribution in [2.75, 3.05) is 18.4 Å². The van der Waals surface area contributed by atoms with Crippen LogP contribution in [0, 0.1) is 17.8 Å². The van der Waals surface area contributed by atoms with Crippen molar-refractivity contribution in [2.45, 2.75) is 38.6 Å². The maximum atomic E-state index is 13.0. The minimum absolute atomic E-state index is 0.0777. The van der Waals surface area contributed by atoms with Crippen LogP contribution in [0.5, 0.6) is 0 Å². The van der Waals surface area contributed by atoms with E-state index in [2.05, 4.69) is 33.1 Å². The van der Waals surface area contributed by atoms with Gasteiger partial charge in [-0.25, -0.2) is 0 Å². The zero-order valence-electron chi connectivity index (χ0n) is 16.6. The van der Waals surface area contributed by atoms with Crippen molar-refractivity contribution in [3.05, 3.63) is 28.2 Å². The number of carbonyl (C=O) groups excluding carboxylic acids is 3. The van der Waals surface area contributed by atoms with E-state index in [9.17, 15) is 14.4 Å². The second-order valence-corrected chi connectivity index (χ2v) is 9.08. The maximum absolute atomic E-state index is 13.0. The van der Waals surface area contributed by atoms with Gasteiger partial charge in [0.1, 0.15) is 6.29 Å². The quantitative estimate of drug-likeness (QED) is 0.558. The molecule has 5 unspecified atom stereocenters. The number of anilines is 1. The summed E-state index contributed by atoms with van der Waals surface area (Å²) in [5, 5.41) is 12.4. The first-order valence-electron chi connectivity index (χ1n) is 10.2. The van der Waals surface area contributed by atoms with Gasteiger partial charge >= 0.3 is 0 Å². The van der Waals surface area contributed by atoms with Crippen molar-refractivity contribution < 1.29 is 14.4 Å². The number of hydrogen-bond acceptors (Lipinski definition) is 5. The number of likely N-dealkylation sites (tertiary alicyclic amines) is 1. The normalized spacial score (nSPS) is 32.0. The van der Waals surface area contributed by atoms with Crippen LogP contribution in [-0.2, 0) is 14.4 Å². The summed E-state index contributed by atoms with van der Waals surface area (Å²) in [6.07, 6.45) is 1.15. The third-order valence-electron chi connectivity index (χ3n) is 6.03. The van der Waals surface area contributed by atoms with Gasteiger partial charge in [-0.3, -0.25) is 24.6 Å². The van der Waals surface area contributed by atoms with Crippen LogP contribution in [-0.4, -0.2) is 48.2 Å². The molecule has 162 valence electrons. The van der Waals surface area contributed by atoms with Crippen molar-refractivity contribution in [1.29, 1.82) is 0 Å². The Morgan fingerprint density at radius 3 is 2.80 bits per heavy atom. The average molecular weight is 454 g/mol. The number of halogens is 2. The SMILES string of the molecule is CC1CCCN(C2NC(=O)C3C(NC(=O)CC3C(=O)Nc3cccc(Cl)c3Cl)N2)C1. The lowest BCUT2D eigenvalue weighted by Gasteiger charge is -2.47. The summed E-state index contributed by atoms with van der Waals surface area (Å²) in [6.45, 7) is 3.91. The molecular formula is C20H25Cl2N5O3. The Morgan fingerprint density at radius 1 is 1.23 bits per heavy atom. The van der Waals surface area contributed by atoms with Crippen molar-refractivity contribution in [2.24, 2.45) is 17.8 Å². The van der Waals surface area contributed by atoms with E-state index in [-0.39, 0.29) is 29.5 Å². The molecule has 3 heterocycles. The largest absolute Gasteiger partial charge is 0.340 e. The molecule has 0 spiro atoms. The van der Waals surface area contributed by atoms with Gasteiger partial charge in [-0.1, -0.05) is 36.2 Å². The Balaban J connectivity index is 1.50. The van der Waals surface area contributed by atoms with Gasteiger partial charge < -0.3 is 16.0 Å². The molecule has 8 nitrogen and oxygen atoms in total. The molecule has 0 aliphatic carbocycles. The van der Waals surface area contributed by atoms with E-state index < -0.39 is 23.9 Å². The Bertz CT molecular complexity index is 867. The van der Waals surface area contributed by atoms with Crippen LogP contribution >= 0.6 is 23.2 Å². The van der Waals surface area contributed by atoms with Gasteiger partial charge in [0.2, 0.25) is 17.7 Å². The summed E-state index contributed by atoms with van der Waals surface area (Å²) in [5.41, 5.74) is 0.348. The van der Waals surface area contributed by atoms with E-state index in [4.69, 9.17) is 23.2 Å². The van der Waals surface area contributed by atoms with Gasteiger partial charge in [-0.05, 0) is 30.9 Å². The first kappa shape index (κ1) is 21.4. The lowest BCUT2D eigenvalue weighted by Crippen LogP contribution is -2.74. The predicted octanol–water partition coefficient (Wildman–Crippen LogP) is 1.75. The highest BCUT2D eigenvalue weighted by Gasteiger charge is 2.49. The second kappa shape index (κ2) is 8.70. The van der Waals surface area contributed by atoms with Crippen molar-refractivity contribution in [3.8, 4) is 0 Å². The lowest BCUT2D eigenvalue weighted by atomic mass is 9.81. The molecule has 10 heteroatoms. The van der Waals surface area contributed by atoms with Crippen LogP contribution in [0.2, 0.25) is 10.0 Å². The third-order valence-corrected chi connectivity index (χ3v) is 6.85. The molecule has 1 aromatic rings. The Morgan fingerprint density at radius 2 is 2.03 bits per heavy atom. The van der Waals surface area contributed by atoms with E-state index in [1.165, 1.54) is 0 Å². The first-order chi connectivity index (χ1) is 14.3. The van der Waals surface area contributed by atoms with Gasteiger partial charge in [0.05, 0.1) is 33.7 Å². The van der Waals surface area contributed by atoms with Gasteiger partial charge in [-0.15, -0.1) is 0 Å². The van der Waals surface area contributed by atoms with Gasteiger partial charge in [0.25, 0.3) is 0 Å². The van der Waals surface area contributed by atoms with Gasteiger partial charge in [0.15, 0.2) is 0 Å². The smallest absolute Gasteiger partial charge is 0.229 e. The van der Waals surface area contributed by atoms with Crippen molar-refractivity contribution >= 4 is 46.6 Å². The van der Waals surface area contributed by atoms with Crippen LogP contribution < -0.4 is 21.3 Å². The number of nitrogens with zero attached hydrogens (tertiary/aromatic N) is 1. The number of carbonyl (C=O) groups is 3. The highest BCUT2D eigenvalue weighted by atomic mass is 35.5. The summed E-state index contributed by atoms with van der Waals surface area (Å²) in [4.78, 5) is 40.5. The second-order valence-electron chi connectivity index (χ2n) is 8.29. The van der Waals surface area contributed by atoms with Gasteiger partial charge in [0, 0.05) is 19.5 Å². The molecule has 0 aromatic heterocycles. The van der Waals surface area contributed by atoms with E-state index in [0.29, 0.717) is 16.6 Å². The van der Waals surface area contributed by atoms with E-state index in [0.717, 1.165) is 25.9 Å². The molecule has 3 amide bonds. The van der Waals surface area contributed by atoms with Crippen LogP contribution in [0.25, 0.3) is 0 Å². The molecule has 5 atom stereocenters. The molecule has 0 saturated carbocycles. The van der Waals surface area contributed by atoms with Crippen LogP contribution in [0.3, 0.4) is 0 Å². The summed E-state index contributed by atoms with van der Waals surface area (Å²) in [5.74, 6) is -1.98. The molecule has 4 N–H and O–H groups in total. The van der Waals surface area contributed by atoms with Gasteiger partial charge in [-0.2, -0.15) is 0 Å². The fourth-order valence-electron chi connectivity index (χ4n) is 4.54. The van der Waals surface area contributed by atoms with Crippen LogP contribution in [0.1, 0.15) is 26.2 Å². The molecule has 30 heavy (non-hydrogen) atoms. The fourth-order valence-corrected chi connectivity index (χ4v) is 4.89. The standard InChI is InChI=1S/C20H25Cl2N5O3/c1-10-4-3-7-27(9-10)20-25-17-15(19(30)26-20)11(8-14(28)24-17)18(29)23-13-6-2-5-12(21)16(13)22/h2,5-6,10-11,15,17,20,25H,3-4,7-9H2,1H3,(H,23,29)(H,24,28)(H,26,30). The minimum Gasteiger partial charge on any atom is -0.340 e. The number of hydrogen-bond donors (Lipinski definition) is 4. The number of rotatable bonds is 3. The van der Waals surface area contributed by atoms with Crippen molar-refractivity contribution in [3.63, 3.8) is 0 Å². The van der Waals surface area contributed by atoms with Crippen LogP contribution in [0.4, 0.5) is 5.69 Å². The van der Waals surface area contributed by atoms with E-state index in [1.54, 1.807) is 18.2 Å². The molecule has 0 bridgehead atoms. The molecule has 3 fully saturated rings. The summed E-state index contributed by atoms with van der Waals surface area (Å²) >= 11 is 12.2. The summed E-state index contributed by atoms with van der Waals surface area (Å²) in [7, 11) is 0. The fraction of sp³-hybridized carbons (Fsp3) is 0.550. The zero-order chi connectivity index (χ0) is 21.4. The Labute approximate surface area is 185 Å². The highest BCUT2D eigenvalue weighted by molar-refractivity contribution is 6.44. The minimum atomic E-state index is -0.826. The average Bonchev–Trinajstić information content (AvgIpc) is 2.70. The number of nitrogens with one attached hydrogen (secondary N) is 4. The Kier molecular flexibility index (Phi) is 6.20. The molecule has 1 aromatic carbocycles. The number of benzene rings is 1. The monoisotopic (exact) mass is 453 g/mol. The lowest BCUT2D eigenvalue weighted by molar-refractivity contribution is -0.148. The molecule has 3 aliphatic rings. The molecule has 3 aliphatic heterocycles. The maximum Gasteiger partial charge on any atom is 0.229 e. The molecule has 0 radical (unpaired) electrons. The molecular weight excluding hydrogens is 429 g/mol.